The Balaban J connectivity index is 3.59. The lowest BCUT2D eigenvalue weighted by atomic mass is 10.4. The summed E-state index contributed by atoms with van der Waals surface area (Å²) in [6.45, 7) is 1.93. The van der Waals surface area contributed by atoms with Gasteiger partial charge >= 0.3 is 0 Å². The topological polar surface area (TPSA) is 22.0 Å². The van der Waals surface area contributed by atoms with Gasteiger partial charge in [-0.2, -0.15) is 0 Å². The molecule has 0 saturated heterocycles. The molecule has 0 saturated carbocycles. The standard InChI is InChI=1S/C7H7BrINO/c1-4-6(9)3-5(8)7(11)10(4)2/h3H,1-2H3. The van der Waals surface area contributed by atoms with E-state index in [4.69, 9.17) is 0 Å². The monoisotopic (exact) mass is 327 g/mol. The molecule has 4 heteroatoms. The third-order valence-electron chi connectivity index (χ3n) is 1.61. The van der Waals surface area contributed by atoms with Crippen molar-refractivity contribution in [1.29, 1.82) is 0 Å². The third kappa shape index (κ3) is 1.66. The van der Waals surface area contributed by atoms with E-state index >= 15 is 0 Å². The van der Waals surface area contributed by atoms with E-state index in [1.807, 2.05) is 13.0 Å². The van der Waals surface area contributed by atoms with Crippen LogP contribution in [0.4, 0.5) is 0 Å². The number of hydrogen-bond acceptors (Lipinski definition) is 1. The van der Waals surface area contributed by atoms with Crippen LogP contribution in [-0.4, -0.2) is 4.57 Å². The van der Waals surface area contributed by atoms with Gasteiger partial charge < -0.3 is 4.57 Å². The summed E-state index contributed by atoms with van der Waals surface area (Å²) in [6, 6.07) is 1.83. The summed E-state index contributed by atoms with van der Waals surface area (Å²) in [7, 11) is 1.77. The first-order valence-electron chi connectivity index (χ1n) is 3.05. The molecule has 0 aliphatic rings. The van der Waals surface area contributed by atoms with Crippen LogP contribution in [0.1, 0.15) is 5.69 Å². The van der Waals surface area contributed by atoms with Crippen molar-refractivity contribution in [3.8, 4) is 0 Å². The summed E-state index contributed by atoms with van der Waals surface area (Å²) in [4.78, 5) is 11.3. The van der Waals surface area contributed by atoms with Gasteiger partial charge in [0.25, 0.3) is 5.56 Å². The van der Waals surface area contributed by atoms with Gasteiger partial charge in [0, 0.05) is 16.3 Å². The molecule has 1 rings (SSSR count). The van der Waals surface area contributed by atoms with Crippen molar-refractivity contribution in [2.45, 2.75) is 6.92 Å². The van der Waals surface area contributed by atoms with Crippen LogP contribution in [-0.2, 0) is 7.05 Å². The molecule has 1 heterocycles. The second-order valence-corrected chi connectivity index (χ2v) is 4.31. The van der Waals surface area contributed by atoms with Gasteiger partial charge in [-0.15, -0.1) is 0 Å². The molecule has 0 spiro atoms. The van der Waals surface area contributed by atoms with Crippen molar-refractivity contribution in [2.75, 3.05) is 0 Å². The number of pyridine rings is 1. The SMILES string of the molecule is Cc1c(I)cc(Br)c(=O)n1C. The minimum Gasteiger partial charge on any atom is -0.314 e. The highest BCUT2D eigenvalue weighted by Crippen LogP contribution is 2.12. The van der Waals surface area contributed by atoms with E-state index < -0.39 is 0 Å². The lowest BCUT2D eigenvalue weighted by Crippen LogP contribution is -2.20. The number of hydrogen-bond donors (Lipinski definition) is 0. The molecule has 0 aliphatic heterocycles. The Bertz CT molecular complexity index is 345. The van der Waals surface area contributed by atoms with Crippen LogP contribution < -0.4 is 5.56 Å². The molecule has 0 unspecified atom stereocenters. The van der Waals surface area contributed by atoms with Crippen LogP contribution in [0.25, 0.3) is 0 Å². The molecule has 2 nitrogen and oxygen atoms in total. The summed E-state index contributed by atoms with van der Waals surface area (Å²) >= 11 is 5.40. The summed E-state index contributed by atoms with van der Waals surface area (Å²) in [6.07, 6.45) is 0. The van der Waals surface area contributed by atoms with Crippen LogP contribution in [0.5, 0.6) is 0 Å². The van der Waals surface area contributed by atoms with E-state index in [9.17, 15) is 4.79 Å². The molecule has 0 N–H and O–H groups in total. The highest BCUT2D eigenvalue weighted by Gasteiger charge is 2.03. The van der Waals surface area contributed by atoms with Crippen molar-refractivity contribution >= 4 is 38.5 Å². The summed E-state index contributed by atoms with van der Waals surface area (Å²) in [5, 5.41) is 0. The molecule has 0 bridgehead atoms. The fraction of sp³-hybridized carbons (Fsp3) is 0.286. The first-order valence-corrected chi connectivity index (χ1v) is 4.93. The molecule has 0 atom stereocenters. The van der Waals surface area contributed by atoms with Gasteiger partial charge in [-0.3, -0.25) is 4.79 Å². The van der Waals surface area contributed by atoms with E-state index in [-0.39, 0.29) is 5.56 Å². The fourth-order valence-corrected chi connectivity index (χ4v) is 2.35. The Morgan fingerprint density at radius 2 is 2.18 bits per heavy atom. The Hall–Kier alpha value is 0.160. The average molecular weight is 328 g/mol. The van der Waals surface area contributed by atoms with Crippen LogP contribution in [0, 0.1) is 10.5 Å². The predicted molar refractivity (Wildman–Crippen MR) is 56.8 cm³/mol. The normalized spacial score (nSPS) is 10.2. The Labute approximate surface area is 86.9 Å². The first kappa shape index (κ1) is 9.25. The molecule has 0 fully saturated rings. The van der Waals surface area contributed by atoms with Crippen molar-refractivity contribution in [1.82, 2.24) is 4.57 Å². The third-order valence-corrected chi connectivity index (χ3v) is 3.27. The van der Waals surface area contributed by atoms with Crippen LogP contribution in [0.15, 0.2) is 15.3 Å². The summed E-state index contributed by atoms with van der Waals surface area (Å²) in [5.74, 6) is 0. The predicted octanol–water partition coefficient (Wildman–Crippen LogP) is 2.06. The van der Waals surface area contributed by atoms with E-state index in [0.717, 1.165) is 9.26 Å². The quantitative estimate of drug-likeness (QED) is 0.669. The zero-order chi connectivity index (χ0) is 8.59. The van der Waals surface area contributed by atoms with Crippen molar-refractivity contribution in [3.63, 3.8) is 0 Å². The molecular formula is C7H7BrINO. The van der Waals surface area contributed by atoms with Crippen LogP contribution in [0.3, 0.4) is 0 Å². The molecule has 0 radical (unpaired) electrons. The molecule has 0 aromatic carbocycles. The zero-order valence-electron chi connectivity index (χ0n) is 6.19. The second kappa shape index (κ2) is 3.26. The minimum absolute atomic E-state index is 0.0166. The Morgan fingerprint density at radius 1 is 1.64 bits per heavy atom. The lowest BCUT2D eigenvalue weighted by molar-refractivity contribution is 0.806. The van der Waals surface area contributed by atoms with Gasteiger partial charge in [0.2, 0.25) is 0 Å². The first-order chi connectivity index (χ1) is 5.04. The fourth-order valence-electron chi connectivity index (χ4n) is 0.750. The largest absolute Gasteiger partial charge is 0.314 e. The molecule has 0 amide bonds. The maximum atomic E-state index is 11.3. The number of nitrogens with zero attached hydrogens (tertiary/aromatic N) is 1. The van der Waals surface area contributed by atoms with Gasteiger partial charge in [0.1, 0.15) is 0 Å². The van der Waals surface area contributed by atoms with Crippen LogP contribution in [0.2, 0.25) is 0 Å². The van der Waals surface area contributed by atoms with Gasteiger partial charge in [0.05, 0.1) is 4.47 Å². The molecule has 1 aromatic rings. The minimum atomic E-state index is 0.0166. The van der Waals surface area contributed by atoms with Gasteiger partial charge in [-0.05, 0) is 51.5 Å². The number of aromatic nitrogens is 1. The molecule has 60 valence electrons. The lowest BCUT2D eigenvalue weighted by Gasteiger charge is -2.05. The Morgan fingerprint density at radius 3 is 2.73 bits per heavy atom. The maximum absolute atomic E-state index is 11.3. The van der Waals surface area contributed by atoms with E-state index in [1.54, 1.807) is 11.6 Å². The maximum Gasteiger partial charge on any atom is 0.264 e. The average Bonchev–Trinajstić information content (AvgIpc) is 1.97. The highest BCUT2D eigenvalue weighted by atomic mass is 127. The Kier molecular flexibility index (Phi) is 2.74. The van der Waals surface area contributed by atoms with Crippen molar-refractivity contribution in [2.24, 2.45) is 7.05 Å². The summed E-state index contributed by atoms with van der Waals surface area (Å²) in [5.41, 5.74) is 1.02. The second-order valence-electron chi connectivity index (χ2n) is 2.29. The van der Waals surface area contributed by atoms with Crippen LogP contribution >= 0.6 is 38.5 Å². The van der Waals surface area contributed by atoms with E-state index in [1.165, 1.54) is 0 Å². The molecule has 0 aliphatic carbocycles. The summed E-state index contributed by atoms with van der Waals surface area (Å²) < 4.78 is 3.35. The van der Waals surface area contributed by atoms with Gasteiger partial charge in [-0.25, -0.2) is 0 Å². The highest BCUT2D eigenvalue weighted by molar-refractivity contribution is 14.1. The number of rotatable bonds is 0. The van der Waals surface area contributed by atoms with E-state index in [0.29, 0.717) is 4.47 Å². The molecule has 11 heavy (non-hydrogen) atoms. The van der Waals surface area contributed by atoms with Crippen molar-refractivity contribution < 1.29 is 0 Å². The van der Waals surface area contributed by atoms with Crippen molar-refractivity contribution in [3.05, 3.63) is 30.2 Å². The van der Waals surface area contributed by atoms with Gasteiger partial charge in [-0.1, -0.05) is 0 Å². The van der Waals surface area contributed by atoms with Gasteiger partial charge in [0.15, 0.2) is 0 Å². The number of halogens is 2. The van der Waals surface area contributed by atoms with E-state index in [2.05, 4.69) is 38.5 Å². The smallest absolute Gasteiger partial charge is 0.264 e. The molecular weight excluding hydrogens is 321 g/mol. The zero-order valence-corrected chi connectivity index (χ0v) is 9.93. The molecule has 1 aromatic heterocycles.